The van der Waals surface area contributed by atoms with Gasteiger partial charge in [-0.05, 0) is 43.0 Å². The van der Waals surface area contributed by atoms with E-state index in [1.54, 1.807) is 12.1 Å². The van der Waals surface area contributed by atoms with Gasteiger partial charge in [-0.25, -0.2) is 0 Å². The summed E-state index contributed by atoms with van der Waals surface area (Å²) >= 11 is 5.82. The average Bonchev–Trinajstić information content (AvgIpc) is 3.12. The standard InChI is InChI=1S/C13H13ClN2O2/c14-10-5-3-9(4-6-10)13-15-12(18-16-13)7-11(17)8-1-2-8/h3-6,8,11,17H,1-2,7H2. The van der Waals surface area contributed by atoms with Crippen molar-refractivity contribution in [2.24, 2.45) is 5.92 Å². The van der Waals surface area contributed by atoms with Crippen molar-refractivity contribution in [2.75, 3.05) is 0 Å². The number of aromatic nitrogens is 2. The predicted octanol–water partition coefficient (Wildman–Crippen LogP) is 2.70. The minimum atomic E-state index is -0.358. The van der Waals surface area contributed by atoms with Gasteiger partial charge in [-0.2, -0.15) is 4.98 Å². The highest BCUT2D eigenvalue weighted by Gasteiger charge is 2.31. The SMILES string of the molecule is OC(Cc1nc(-c2ccc(Cl)cc2)no1)C1CC1. The van der Waals surface area contributed by atoms with E-state index in [4.69, 9.17) is 16.1 Å². The first-order valence-electron chi connectivity index (χ1n) is 5.99. The van der Waals surface area contributed by atoms with Crippen molar-refractivity contribution in [2.45, 2.75) is 25.4 Å². The molecule has 0 radical (unpaired) electrons. The zero-order chi connectivity index (χ0) is 12.5. The lowest BCUT2D eigenvalue weighted by Crippen LogP contribution is -2.12. The Balaban J connectivity index is 1.74. The topological polar surface area (TPSA) is 59.2 Å². The lowest BCUT2D eigenvalue weighted by Gasteiger charge is -2.03. The van der Waals surface area contributed by atoms with Crippen LogP contribution in [0.5, 0.6) is 0 Å². The molecule has 2 aromatic rings. The molecule has 5 heteroatoms. The van der Waals surface area contributed by atoms with Crippen molar-refractivity contribution in [3.63, 3.8) is 0 Å². The lowest BCUT2D eigenvalue weighted by molar-refractivity contribution is 0.140. The maximum Gasteiger partial charge on any atom is 0.229 e. The van der Waals surface area contributed by atoms with Crippen LogP contribution in [0.1, 0.15) is 18.7 Å². The van der Waals surface area contributed by atoms with Gasteiger partial charge < -0.3 is 9.63 Å². The number of aliphatic hydroxyl groups is 1. The summed E-state index contributed by atoms with van der Waals surface area (Å²) in [6.07, 6.45) is 2.27. The molecule has 0 spiro atoms. The maximum atomic E-state index is 9.81. The summed E-state index contributed by atoms with van der Waals surface area (Å²) in [7, 11) is 0. The van der Waals surface area contributed by atoms with Crippen molar-refractivity contribution in [1.82, 2.24) is 10.1 Å². The van der Waals surface area contributed by atoms with E-state index in [2.05, 4.69) is 10.1 Å². The number of halogens is 1. The molecule has 1 aromatic heterocycles. The summed E-state index contributed by atoms with van der Waals surface area (Å²) in [6.45, 7) is 0. The molecule has 1 atom stereocenters. The van der Waals surface area contributed by atoms with E-state index in [1.807, 2.05) is 12.1 Å². The molecule has 94 valence electrons. The number of nitrogens with zero attached hydrogens (tertiary/aromatic N) is 2. The molecule has 18 heavy (non-hydrogen) atoms. The van der Waals surface area contributed by atoms with Crippen molar-refractivity contribution in [3.8, 4) is 11.4 Å². The summed E-state index contributed by atoms with van der Waals surface area (Å²) in [4.78, 5) is 4.28. The second-order valence-corrected chi connectivity index (χ2v) is 5.06. The van der Waals surface area contributed by atoms with Gasteiger partial charge in [-0.3, -0.25) is 0 Å². The van der Waals surface area contributed by atoms with Crippen LogP contribution in [0.3, 0.4) is 0 Å². The fraction of sp³-hybridized carbons (Fsp3) is 0.385. The van der Waals surface area contributed by atoms with E-state index in [0.29, 0.717) is 29.1 Å². The van der Waals surface area contributed by atoms with Gasteiger partial charge in [0.25, 0.3) is 0 Å². The normalized spacial score (nSPS) is 16.8. The molecule has 3 rings (SSSR count). The van der Waals surface area contributed by atoms with Gasteiger partial charge in [0.15, 0.2) is 0 Å². The zero-order valence-corrected chi connectivity index (χ0v) is 10.5. The van der Waals surface area contributed by atoms with Gasteiger partial charge >= 0.3 is 0 Å². The van der Waals surface area contributed by atoms with Crippen LogP contribution in [0.4, 0.5) is 0 Å². The quantitative estimate of drug-likeness (QED) is 0.922. The molecule has 1 aliphatic carbocycles. The molecule has 1 fully saturated rings. The van der Waals surface area contributed by atoms with Crippen molar-refractivity contribution in [3.05, 3.63) is 35.2 Å². The van der Waals surface area contributed by atoms with Gasteiger partial charge in [0.2, 0.25) is 11.7 Å². The highest BCUT2D eigenvalue weighted by atomic mass is 35.5. The van der Waals surface area contributed by atoms with Crippen LogP contribution in [0.2, 0.25) is 5.02 Å². The minimum absolute atomic E-state index is 0.358. The highest BCUT2D eigenvalue weighted by molar-refractivity contribution is 6.30. The van der Waals surface area contributed by atoms with E-state index >= 15 is 0 Å². The van der Waals surface area contributed by atoms with Gasteiger partial charge in [-0.1, -0.05) is 16.8 Å². The number of hydrogen-bond donors (Lipinski definition) is 1. The molecule has 0 saturated heterocycles. The third kappa shape index (κ3) is 2.54. The van der Waals surface area contributed by atoms with Crippen LogP contribution in [0, 0.1) is 5.92 Å². The number of aliphatic hydroxyl groups excluding tert-OH is 1. The van der Waals surface area contributed by atoms with E-state index < -0.39 is 0 Å². The number of rotatable bonds is 4. The first-order chi connectivity index (χ1) is 8.72. The predicted molar refractivity (Wildman–Crippen MR) is 67.2 cm³/mol. The van der Waals surface area contributed by atoms with Gasteiger partial charge in [0.1, 0.15) is 0 Å². The lowest BCUT2D eigenvalue weighted by atomic mass is 10.1. The summed E-state index contributed by atoms with van der Waals surface area (Å²) in [5, 5.41) is 14.4. The molecule has 0 aliphatic heterocycles. The molecule has 1 N–H and O–H groups in total. The minimum Gasteiger partial charge on any atom is -0.392 e. The number of hydrogen-bond acceptors (Lipinski definition) is 4. The number of benzene rings is 1. The molecule has 0 amide bonds. The Kier molecular flexibility index (Phi) is 3.06. The second-order valence-electron chi connectivity index (χ2n) is 4.63. The van der Waals surface area contributed by atoms with Gasteiger partial charge in [-0.15, -0.1) is 0 Å². The van der Waals surface area contributed by atoms with Gasteiger partial charge in [0, 0.05) is 10.6 Å². The Morgan fingerprint density at radius 1 is 1.33 bits per heavy atom. The van der Waals surface area contributed by atoms with Crippen LogP contribution < -0.4 is 0 Å². The average molecular weight is 265 g/mol. The fourth-order valence-electron chi connectivity index (χ4n) is 1.88. The van der Waals surface area contributed by atoms with Crippen molar-refractivity contribution < 1.29 is 9.63 Å². The second kappa shape index (κ2) is 4.71. The van der Waals surface area contributed by atoms with Crippen LogP contribution in [-0.4, -0.2) is 21.4 Å². The Morgan fingerprint density at radius 3 is 2.72 bits per heavy atom. The Bertz CT molecular complexity index is 534. The van der Waals surface area contributed by atoms with Crippen LogP contribution in [0.25, 0.3) is 11.4 Å². The third-order valence-corrected chi connectivity index (χ3v) is 3.37. The summed E-state index contributed by atoms with van der Waals surface area (Å²) in [5.41, 5.74) is 0.857. The van der Waals surface area contributed by atoms with E-state index in [9.17, 15) is 5.11 Å². The van der Waals surface area contributed by atoms with Crippen LogP contribution in [0.15, 0.2) is 28.8 Å². The Morgan fingerprint density at radius 2 is 2.06 bits per heavy atom. The largest absolute Gasteiger partial charge is 0.392 e. The van der Waals surface area contributed by atoms with E-state index in [-0.39, 0.29) is 6.10 Å². The molecular weight excluding hydrogens is 252 g/mol. The van der Waals surface area contributed by atoms with Gasteiger partial charge in [0.05, 0.1) is 12.5 Å². The monoisotopic (exact) mass is 264 g/mol. The molecule has 1 unspecified atom stereocenters. The molecule has 4 nitrogen and oxygen atoms in total. The molecular formula is C13H13ClN2O2. The van der Waals surface area contributed by atoms with E-state index in [1.165, 1.54) is 0 Å². The smallest absolute Gasteiger partial charge is 0.229 e. The summed E-state index contributed by atoms with van der Waals surface area (Å²) in [5.74, 6) is 1.43. The molecule has 0 bridgehead atoms. The van der Waals surface area contributed by atoms with Crippen LogP contribution in [-0.2, 0) is 6.42 Å². The van der Waals surface area contributed by atoms with Crippen LogP contribution >= 0.6 is 11.6 Å². The Labute approximate surface area is 110 Å². The first kappa shape index (κ1) is 11.7. The maximum absolute atomic E-state index is 9.81. The summed E-state index contributed by atoms with van der Waals surface area (Å²) in [6, 6.07) is 7.25. The summed E-state index contributed by atoms with van der Waals surface area (Å²) < 4.78 is 5.14. The zero-order valence-electron chi connectivity index (χ0n) is 9.71. The molecule has 1 aromatic carbocycles. The highest BCUT2D eigenvalue weighted by Crippen LogP contribution is 2.33. The molecule has 1 aliphatic rings. The fourth-order valence-corrected chi connectivity index (χ4v) is 2.01. The van der Waals surface area contributed by atoms with E-state index in [0.717, 1.165) is 18.4 Å². The molecule has 1 heterocycles. The third-order valence-electron chi connectivity index (χ3n) is 3.12. The first-order valence-corrected chi connectivity index (χ1v) is 6.37. The molecule has 1 saturated carbocycles. The van der Waals surface area contributed by atoms with Crippen molar-refractivity contribution in [1.29, 1.82) is 0 Å². The Hall–Kier alpha value is -1.39. The van der Waals surface area contributed by atoms with Crippen molar-refractivity contribution >= 4 is 11.6 Å².